The molecule has 5 nitrogen and oxygen atoms in total. The highest BCUT2D eigenvalue weighted by molar-refractivity contribution is 6.31. The molecule has 182 valence electrons. The highest BCUT2D eigenvalue weighted by Crippen LogP contribution is 2.44. The summed E-state index contributed by atoms with van der Waals surface area (Å²) in [5.74, 6) is -2.18. The summed E-state index contributed by atoms with van der Waals surface area (Å²) in [5.41, 5.74) is 6.60. The number of carboxylic acid groups (broad SMARTS) is 1. The fraction of sp³-hybridized carbons (Fsp3) is 0.200. The minimum Gasteiger partial charge on any atom is -0.545 e. The number of halogens is 5. The summed E-state index contributed by atoms with van der Waals surface area (Å²) in [6, 6.07) is 9.17. The molecule has 1 aromatic heterocycles. The van der Waals surface area contributed by atoms with Gasteiger partial charge < -0.3 is 20.4 Å². The number of rotatable bonds is 6. The van der Waals surface area contributed by atoms with E-state index in [0.717, 1.165) is 6.07 Å². The maximum absolute atomic E-state index is 14.2. The number of alkyl halides is 3. The average Bonchev–Trinajstić information content (AvgIpc) is 3.27. The number of aromatic nitrogens is 1. The van der Waals surface area contributed by atoms with Crippen molar-refractivity contribution in [2.45, 2.75) is 32.0 Å². The van der Waals surface area contributed by atoms with E-state index in [1.807, 2.05) is 0 Å². The lowest BCUT2D eigenvalue weighted by Gasteiger charge is -2.17. The van der Waals surface area contributed by atoms with E-state index in [2.05, 4.69) is 4.98 Å². The number of carbonyl (C=O) groups is 1. The molecule has 0 saturated heterocycles. The van der Waals surface area contributed by atoms with E-state index < -0.39 is 23.5 Å². The first-order valence-electron chi connectivity index (χ1n) is 10.5. The van der Waals surface area contributed by atoms with Crippen LogP contribution in [0.15, 0.2) is 48.7 Å². The van der Waals surface area contributed by atoms with Gasteiger partial charge in [-0.25, -0.2) is 9.37 Å². The maximum atomic E-state index is 14.2. The zero-order valence-corrected chi connectivity index (χ0v) is 18.8. The Labute approximate surface area is 202 Å². The minimum atomic E-state index is -4.66. The highest BCUT2D eigenvalue weighted by atomic mass is 35.5. The lowest BCUT2D eigenvalue weighted by molar-refractivity contribution is -0.255. The molecule has 0 atom stereocenters. The number of ether oxygens (including phenoxy) is 1. The third-order valence-electron chi connectivity index (χ3n) is 5.68. The van der Waals surface area contributed by atoms with Gasteiger partial charge in [0.2, 0.25) is 5.88 Å². The summed E-state index contributed by atoms with van der Waals surface area (Å²) in [6.07, 6.45) is -2.54. The van der Waals surface area contributed by atoms with Crippen LogP contribution in [0.1, 0.15) is 51.9 Å². The average molecular weight is 506 g/mol. The number of hydrogen-bond donors (Lipinski definition) is 1. The monoisotopic (exact) mass is 505 g/mol. The number of carbonyl (C=O) groups excluding carboxylic acids is 1. The number of nitrogens with zero attached hydrogens (tertiary/aromatic N) is 1. The van der Waals surface area contributed by atoms with Crippen molar-refractivity contribution in [3.63, 3.8) is 0 Å². The molecule has 0 radical (unpaired) electrons. The zero-order chi connectivity index (χ0) is 25.3. The molecule has 35 heavy (non-hydrogen) atoms. The lowest BCUT2D eigenvalue weighted by Crippen LogP contribution is -2.22. The van der Waals surface area contributed by atoms with Gasteiger partial charge in [0, 0.05) is 23.0 Å². The predicted octanol–water partition coefficient (Wildman–Crippen LogP) is 5.51. The maximum Gasteiger partial charge on any atom is 0.417 e. The molecule has 1 aliphatic rings. The highest BCUT2D eigenvalue weighted by Gasteiger charge is 2.33. The number of pyridine rings is 1. The van der Waals surface area contributed by atoms with Crippen LogP contribution in [-0.2, 0) is 12.8 Å². The number of nitrogen functional groups attached to an aromatic ring is 1. The molecule has 1 heterocycles. The SMILES string of the molecule is Nc1cc(C(=O)[O-])cc(C2=C(c3cc(C(F)(F)F)cnc3OCc3c(F)cccc3Cl)CCC2)c1. The Morgan fingerprint density at radius 3 is 2.57 bits per heavy atom. The normalized spacial score (nSPS) is 13.9. The molecule has 1 aliphatic carbocycles. The first-order valence-corrected chi connectivity index (χ1v) is 10.9. The molecule has 4 rings (SSSR count). The van der Waals surface area contributed by atoms with Gasteiger partial charge in [0.15, 0.2) is 0 Å². The number of anilines is 1. The molecule has 0 spiro atoms. The van der Waals surface area contributed by atoms with E-state index in [0.29, 0.717) is 42.2 Å². The molecular weight excluding hydrogens is 488 g/mol. The fourth-order valence-electron chi connectivity index (χ4n) is 4.05. The third-order valence-corrected chi connectivity index (χ3v) is 6.03. The smallest absolute Gasteiger partial charge is 0.417 e. The standard InChI is InChI=1S/C25H19ClF4N2O3/c26-21-5-2-6-22(27)20(21)12-35-23-19(10-15(11-32-23)25(28,29)30)18-4-1-3-17(18)13-7-14(24(33)34)9-16(31)8-13/h2,5-11H,1,3-4,12,31H2,(H,33,34)/p-1. The Morgan fingerprint density at radius 1 is 1.14 bits per heavy atom. The van der Waals surface area contributed by atoms with Gasteiger partial charge in [-0.15, -0.1) is 0 Å². The molecule has 0 saturated carbocycles. The zero-order valence-electron chi connectivity index (χ0n) is 18.1. The van der Waals surface area contributed by atoms with Crippen LogP contribution < -0.4 is 15.6 Å². The van der Waals surface area contributed by atoms with Crippen LogP contribution >= 0.6 is 11.6 Å². The van der Waals surface area contributed by atoms with Crippen LogP contribution in [0.5, 0.6) is 5.88 Å². The number of nitrogens with two attached hydrogens (primary N) is 1. The number of aromatic carboxylic acids is 1. The van der Waals surface area contributed by atoms with Gasteiger partial charge in [0.1, 0.15) is 12.4 Å². The minimum absolute atomic E-state index is 0.0388. The van der Waals surface area contributed by atoms with E-state index in [4.69, 9.17) is 22.1 Å². The van der Waals surface area contributed by atoms with Crippen LogP contribution in [0.4, 0.5) is 23.2 Å². The van der Waals surface area contributed by atoms with E-state index in [1.54, 1.807) is 6.07 Å². The molecule has 0 fully saturated rings. The van der Waals surface area contributed by atoms with Crippen molar-refractivity contribution in [1.82, 2.24) is 4.98 Å². The number of allylic oxidation sites excluding steroid dienone is 2. The van der Waals surface area contributed by atoms with Gasteiger partial charge in [0.25, 0.3) is 0 Å². The number of carboxylic acids is 1. The van der Waals surface area contributed by atoms with Crippen molar-refractivity contribution in [2.75, 3.05) is 5.73 Å². The van der Waals surface area contributed by atoms with Crippen LogP contribution in [0, 0.1) is 5.82 Å². The van der Waals surface area contributed by atoms with E-state index in [1.165, 1.54) is 30.3 Å². The van der Waals surface area contributed by atoms with Crippen molar-refractivity contribution in [3.05, 3.63) is 87.3 Å². The molecule has 0 aliphatic heterocycles. The van der Waals surface area contributed by atoms with Crippen LogP contribution in [0.3, 0.4) is 0 Å². The van der Waals surface area contributed by atoms with Crippen molar-refractivity contribution in [3.8, 4) is 5.88 Å². The van der Waals surface area contributed by atoms with Gasteiger partial charge in [-0.3, -0.25) is 0 Å². The van der Waals surface area contributed by atoms with E-state index in [-0.39, 0.29) is 39.9 Å². The number of benzene rings is 2. The molecule has 0 amide bonds. The van der Waals surface area contributed by atoms with Gasteiger partial charge in [-0.2, -0.15) is 13.2 Å². The van der Waals surface area contributed by atoms with Gasteiger partial charge >= 0.3 is 6.18 Å². The van der Waals surface area contributed by atoms with Crippen LogP contribution in [-0.4, -0.2) is 11.0 Å². The predicted molar refractivity (Wildman–Crippen MR) is 121 cm³/mol. The molecule has 2 N–H and O–H groups in total. The Balaban J connectivity index is 1.83. The second-order valence-electron chi connectivity index (χ2n) is 8.01. The molecule has 0 bridgehead atoms. The summed E-state index contributed by atoms with van der Waals surface area (Å²) < 4.78 is 60.4. The van der Waals surface area contributed by atoms with Gasteiger partial charge in [-0.05, 0) is 77.9 Å². The Kier molecular flexibility index (Phi) is 6.71. The van der Waals surface area contributed by atoms with Crippen LogP contribution in [0.25, 0.3) is 11.1 Å². The largest absolute Gasteiger partial charge is 0.545 e. The lowest BCUT2D eigenvalue weighted by atomic mass is 9.95. The van der Waals surface area contributed by atoms with Gasteiger partial charge in [-0.1, -0.05) is 17.7 Å². The summed E-state index contributed by atoms with van der Waals surface area (Å²) in [6.45, 7) is -0.355. The Morgan fingerprint density at radius 2 is 1.89 bits per heavy atom. The third kappa shape index (κ3) is 5.24. The first kappa shape index (κ1) is 24.5. The topological polar surface area (TPSA) is 88.3 Å². The molecule has 10 heteroatoms. The molecular formula is C25H18ClF4N2O3-. The van der Waals surface area contributed by atoms with E-state index >= 15 is 0 Å². The molecule has 3 aromatic rings. The summed E-state index contributed by atoms with van der Waals surface area (Å²) >= 11 is 6.04. The summed E-state index contributed by atoms with van der Waals surface area (Å²) in [5, 5.41) is 11.5. The quantitative estimate of drug-likeness (QED) is 0.352. The fourth-order valence-corrected chi connectivity index (χ4v) is 4.27. The Bertz CT molecular complexity index is 1320. The van der Waals surface area contributed by atoms with Crippen molar-refractivity contribution in [1.29, 1.82) is 0 Å². The second kappa shape index (κ2) is 9.58. The summed E-state index contributed by atoms with van der Waals surface area (Å²) in [7, 11) is 0. The number of hydrogen-bond acceptors (Lipinski definition) is 5. The van der Waals surface area contributed by atoms with Gasteiger partial charge in [0.05, 0.1) is 16.6 Å². The van der Waals surface area contributed by atoms with E-state index in [9.17, 15) is 27.5 Å². The summed E-state index contributed by atoms with van der Waals surface area (Å²) in [4.78, 5) is 15.3. The van der Waals surface area contributed by atoms with Crippen molar-refractivity contribution < 1.29 is 32.2 Å². The Hall–Kier alpha value is -3.59. The van der Waals surface area contributed by atoms with Crippen LogP contribution in [0.2, 0.25) is 5.02 Å². The van der Waals surface area contributed by atoms with Crippen molar-refractivity contribution >= 4 is 34.4 Å². The first-order chi connectivity index (χ1) is 16.5. The van der Waals surface area contributed by atoms with Crippen molar-refractivity contribution in [2.24, 2.45) is 0 Å². The molecule has 0 unspecified atom stereocenters. The second-order valence-corrected chi connectivity index (χ2v) is 8.41. The molecule has 2 aromatic carbocycles.